The van der Waals surface area contributed by atoms with Gasteiger partial charge in [-0.2, -0.15) is 0 Å². The zero-order valence-corrected chi connectivity index (χ0v) is 16.5. The Morgan fingerprint density at radius 3 is 2.56 bits per heavy atom. The lowest BCUT2D eigenvalue weighted by atomic mass is 9.98. The van der Waals surface area contributed by atoms with Crippen LogP contribution in [0.1, 0.15) is 29.8 Å². The molecule has 2 aromatic rings. The lowest BCUT2D eigenvalue weighted by Gasteiger charge is -2.25. The highest BCUT2D eigenvalue weighted by Gasteiger charge is 2.26. The molecule has 5 heteroatoms. The molecule has 0 N–H and O–H groups in total. The average molecular weight is 452 g/mol. The lowest BCUT2D eigenvalue weighted by molar-refractivity contribution is -0.00317. The lowest BCUT2D eigenvalue weighted by Crippen LogP contribution is -2.25. The molecular weight excluding hydrogens is 431 g/mol. The van der Waals surface area contributed by atoms with Crippen molar-refractivity contribution in [3.8, 4) is 5.75 Å². The molecule has 0 amide bonds. The van der Waals surface area contributed by atoms with Crippen molar-refractivity contribution in [1.29, 1.82) is 0 Å². The molecule has 0 saturated heterocycles. The standard InChI is InChI=1S/C20H21IO4/c1-4-23-12-13-24-18-14-15(10-11-17(18)21)19(22)25-20(2,3)16-8-6-5-7-9-16/h4-11,14H,1,12-13H2,2-3H3. The number of halogens is 1. The predicted octanol–water partition coefficient (Wildman–Crippen LogP) is 4.92. The van der Waals surface area contributed by atoms with Gasteiger partial charge in [0.1, 0.15) is 24.6 Å². The van der Waals surface area contributed by atoms with Gasteiger partial charge in [-0.15, -0.1) is 0 Å². The van der Waals surface area contributed by atoms with Crippen molar-refractivity contribution in [2.45, 2.75) is 19.4 Å². The SMILES string of the molecule is C=COCCOc1cc(C(=O)OC(C)(C)c2ccccc2)ccc1I. The van der Waals surface area contributed by atoms with Crippen LogP contribution in [-0.4, -0.2) is 19.2 Å². The first-order valence-electron chi connectivity index (χ1n) is 7.88. The average Bonchev–Trinajstić information content (AvgIpc) is 2.60. The van der Waals surface area contributed by atoms with Crippen molar-refractivity contribution in [2.75, 3.05) is 13.2 Å². The van der Waals surface area contributed by atoms with Crippen LogP contribution in [0.4, 0.5) is 0 Å². The van der Waals surface area contributed by atoms with E-state index in [0.29, 0.717) is 24.5 Å². The summed E-state index contributed by atoms with van der Waals surface area (Å²) in [5.41, 5.74) is 0.663. The molecule has 25 heavy (non-hydrogen) atoms. The molecule has 0 fully saturated rings. The molecule has 132 valence electrons. The van der Waals surface area contributed by atoms with Crippen LogP contribution in [0.3, 0.4) is 0 Å². The molecular formula is C20H21IO4. The van der Waals surface area contributed by atoms with Crippen LogP contribution in [0.2, 0.25) is 0 Å². The minimum Gasteiger partial charge on any atom is -0.498 e. The van der Waals surface area contributed by atoms with Crippen molar-refractivity contribution in [1.82, 2.24) is 0 Å². The van der Waals surface area contributed by atoms with Crippen LogP contribution in [0.25, 0.3) is 0 Å². The van der Waals surface area contributed by atoms with Gasteiger partial charge in [0.25, 0.3) is 0 Å². The van der Waals surface area contributed by atoms with E-state index in [9.17, 15) is 4.79 Å². The van der Waals surface area contributed by atoms with Crippen LogP contribution in [0.15, 0.2) is 61.4 Å². The van der Waals surface area contributed by atoms with Gasteiger partial charge in [0.15, 0.2) is 0 Å². The van der Waals surface area contributed by atoms with Crippen molar-refractivity contribution < 1.29 is 19.0 Å². The summed E-state index contributed by atoms with van der Waals surface area (Å²) in [4.78, 5) is 12.6. The maximum absolute atomic E-state index is 12.6. The Kier molecular flexibility index (Phi) is 6.87. The molecule has 0 aliphatic heterocycles. The quantitative estimate of drug-likeness (QED) is 0.247. The molecule has 0 bridgehead atoms. The van der Waals surface area contributed by atoms with E-state index in [2.05, 4.69) is 29.2 Å². The smallest absolute Gasteiger partial charge is 0.339 e. The third-order valence-corrected chi connectivity index (χ3v) is 4.45. The minimum atomic E-state index is -0.722. The van der Waals surface area contributed by atoms with E-state index in [-0.39, 0.29) is 0 Å². The number of rotatable bonds is 8. The third kappa shape index (κ3) is 5.49. The zero-order chi connectivity index (χ0) is 18.3. The van der Waals surface area contributed by atoms with Crippen molar-refractivity contribution >= 4 is 28.6 Å². The third-order valence-electron chi connectivity index (χ3n) is 3.56. The number of carbonyl (C=O) groups excluding carboxylic acids is 1. The number of ether oxygens (including phenoxy) is 3. The maximum Gasteiger partial charge on any atom is 0.339 e. The van der Waals surface area contributed by atoms with Gasteiger partial charge in [0, 0.05) is 0 Å². The molecule has 0 radical (unpaired) electrons. The van der Waals surface area contributed by atoms with Gasteiger partial charge in [0.2, 0.25) is 0 Å². The summed E-state index contributed by atoms with van der Waals surface area (Å²) < 4.78 is 17.3. The normalized spacial score (nSPS) is 10.8. The molecule has 0 spiro atoms. The van der Waals surface area contributed by atoms with Gasteiger partial charge >= 0.3 is 5.97 Å². The van der Waals surface area contributed by atoms with E-state index in [1.54, 1.807) is 12.1 Å². The molecule has 0 atom stereocenters. The van der Waals surface area contributed by atoms with Crippen molar-refractivity contribution in [3.63, 3.8) is 0 Å². The summed E-state index contributed by atoms with van der Waals surface area (Å²) in [6.07, 6.45) is 1.37. The highest BCUT2D eigenvalue weighted by molar-refractivity contribution is 14.1. The number of hydrogen-bond donors (Lipinski definition) is 0. The first kappa shape index (κ1) is 19.3. The summed E-state index contributed by atoms with van der Waals surface area (Å²) in [5.74, 6) is 0.234. The zero-order valence-electron chi connectivity index (χ0n) is 14.3. The second kappa shape index (κ2) is 8.89. The number of hydrogen-bond acceptors (Lipinski definition) is 4. The fourth-order valence-electron chi connectivity index (χ4n) is 2.21. The molecule has 2 rings (SSSR count). The van der Waals surface area contributed by atoms with E-state index in [0.717, 1.165) is 9.13 Å². The van der Waals surface area contributed by atoms with Crippen LogP contribution in [0.5, 0.6) is 5.75 Å². The summed E-state index contributed by atoms with van der Waals surface area (Å²) in [7, 11) is 0. The van der Waals surface area contributed by atoms with E-state index in [4.69, 9.17) is 14.2 Å². The second-order valence-electron chi connectivity index (χ2n) is 5.80. The Balaban J connectivity index is 2.10. The highest BCUT2D eigenvalue weighted by Crippen LogP contribution is 2.28. The topological polar surface area (TPSA) is 44.8 Å². The van der Waals surface area contributed by atoms with E-state index < -0.39 is 11.6 Å². The molecule has 0 unspecified atom stereocenters. The number of benzene rings is 2. The minimum absolute atomic E-state index is 0.371. The van der Waals surface area contributed by atoms with E-state index in [1.807, 2.05) is 50.2 Å². The molecule has 0 aliphatic carbocycles. The molecule has 0 heterocycles. The first-order chi connectivity index (χ1) is 11.9. The largest absolute Gasteiger partial charge is 0.498 e. The fourth-order valence-corrected chi connectivity index (χ4v) is 2.70. The predicted molar refractivity (Wildman–Crippen MR) is 106 cm³/mol. The van der Waals surface area contributed by atoms with Gasteiger partial charge in [-0.3, -0.25) is 0 Å². The number of carbonyl (C=O) groups is 1. The Morgan fingerprint density at radius 1 is 1.16 bits per heavy atom. The van der Waals surface area contributed by atoms with E-state index in [1.165, 1.54) is 6.26 Å². The van der Waals surface area contributed by atoms with Crippen LogP contribution >= 0.6 is 22.6 Å². The van der Waals surface area contributed by atoms with Crippen molar-refractivity contribution in [3.05, 3.63) is 76.1 Å². The molecule has 0 saturated carbocycles. The Morgan fingerprint density at radius 2 is 1.88 bits per heavy atom. The monoisotopic (exact) mass is 452 g/mol. The molecule has 2 aromatic carbocycles. The second-order valence-corrected chi connectivity index (χ2v) is 6.96. The Hall–Kier alpha value is -2.02. The molecule has 4 nitrogen and oxygen atoms in total. The van der Waals surface area contributed by atoms with Gasteiger partial charge in [-0.1, -0.05) is 36.9 Å². The summed E-state index contributed by atoms with van der Waals surface area (Å²) in [6, 6.07) is 14.9. The van der Waals surface area contributed by atoms with Crippen molar-refractivity contribution in [2.24, 2.45) is 0 Å². The van der Waals surface area contributed by atoms with Gasteiger partial charge < -0.3 is 14.2 Å². The van der Waals surface area contributed by atoms with Gasteiger partial charge in [-0.25, -0.2) is 4.79 Å². The molecule has 0 aliphatic rings. The van der Waals surface area contributed by atoms with Crippen LogP contribution in [0, 0.1) is 3.57 Å². The van der Waals surface area contributed by atoms with E-state index >= 15 is 0 Å². The van der Waals surface area contributed by atoms with Crippen LogP contribution < -0.4 is 4.74 Å². The summed E-state index contributed by atoms with van der Waals surface area (Å²) >= 11 is 2.16. The summed E-state index contributed by atoms with van der Waals surface area (Å²) in [5, 5.41) is 0. The summed E-state index contributed by atoms with van der Waals surface area (Å²) in [6.45, 7) is 7.99. The fraction of sp³-hybridized carbons (Fsp3) is 0.250. The Bertz CT molecular complexity index is 726. The Labute approximate surface area is 161 Å². The van der Waals surface area contributed by atoms with Gasteiger partial charge in [-0.05, 0) is 60.2 Å². The maximum atomic E-state index is 12.6. The van der Waals surface area contributed by atoms with Gasteiger partial charge in [0.05, 0.1) is 15.4 Å². The first-order valence-corrected chi connectivity index (χ1v) is 8.95. The molecule has 0 aromatic heterocycles. The number of esters is 1. The van der Waals surface area contributed by atoms with Crippen LogP contribution in [-0.2, 0) is 15.1 Å². The highest BCUT2D eigenvalue weighted by atomic mass is 127.